The maximum absolute atomic E-state index is 4.96. The Labute approximate surface area is 180 Å². The lowest BCUT2D eigenvalue weighted by Gasteiger charge is -2.09. The molecule has 30 heavy (non-hydrogen) atoms. The number of thiazole rings is 1. The Bertz CT molecular complexity index is 1310. The lowest BCUT2D eigenvalue weighted by molar-refractivity contribution is 0.677. The quantitative estimate of drug-likeness (QED) is 0.355. The zero-order valence-electron chi connectivity index (χ0n) is 16.7. The molecule has 3 aromatic carbocycles. The summed E-state index contributed by atoms with van der Waals surface area (Å²) < 4.78 is 2.37. The van der Waals surface area contributed by atoms with Gasteiger partial charge in [-0.2, -0.15) is 0 Å². The number of rotatable bonds is 6. The maximum Gasteiger partial charge on any atom is 0.185 e. The summed E-state index contributed by atoms with van der Waals surface area (Å²) in [4.78, 5) is 9.42. The Balaban J connectivity index is 1.50. The van der Waals surface area contributed by atoms with E-state index in [0.29, 0.717) is 6.54 Å². The maximum atomic E-state index is 4.96. The van der Waals surface area contributed by atoms with Crippen molar-refractivity contribution in [1.29, 1.82) is 0 Å². The SMILES string of the molecule is c1ccc(CN=c2scc(-c3ccccc3)n2CCc2c[nH]c3ccccc23)cc1. The highest BCUT2D eigenvalue weighted by Gasteiger charge is 2.10. The molecule has 0 saturated heterocycles. The van der Waals surface area contributed by atoms with Crippen molar-refractivity contribution in [2.45, 2.75) is 19.5 Å². The van der Waals surface area contributed by atoms with Gasteiger partial charge in [-0.15, -0.1) is 11.3 Å². The minimum absolute atomic E-state index is 0.697. The van der Waals surface area contributed by atoms with Crippen LogP contribution in [0.25, 0.3) is 22.2 Å². The molecule has 0 aliphatic carbocycles. The molecule has 0 aliphatic rings. The average molecular weight is 410 g/mol. The van der Waals surface area contributed by atoms with Gasteiger partial charge in [0.05, 0.1) is 12.2 Å². The third-order valence-electron chi connectivity index (χ3n) is 5.39. The molecule has 0 bridgehead atoms. The molecular formula is C26H23N3S. The van der Waals surface area contributed by atoms with Gasteiger partial charge >= 0.3 is 0 Å². The van der Waals surface area contributed by atoms with Crippen molar-refractivity contribution in [3.05, 3.63) is 112 Å². The van der Waals surface area contributed by atoms with Crippen LogP contribution in [0.15, 0.2) is 101 Å². The third kappa shape index (κ3) is 3.87. The zero-order valence-corrected chi connectivity index (χ0v) is 17.5. The Morgan fingerprint density at radius 1 is 0.833 bits per heavy atom. The summed E-state index contributed by atoms with van der Waals surface area (Å²) in [5.74, 6) is 0. The van der Waals surface area contributed by atoms with E-state index in [-0.39, 0.29) is 0 Å². The van der Waals surface area contributed by atoms with E-state index in [1.165, 1.54) is 33.3 Å². The summed E-state index contributed by atoms with van der Waals surface area (Å²) in [7, 11) is 0. The van der Waals surface area contributed by atoms with Crippen molar-refractivity contribution in [1.82, 2.24) is 9.55 Å². The minimum atomic E-state index is 0.697. The van der Waals surface area contributed by atoms with Crippen LogP contribution in [-0.2, 0) is 19.5 Å². The number of nitrogens with zero attached hydrogens (tertiary/aromatic N) is 2. The second-order valence-corrected chi connectivity index (χ2v) is 8.17. The van der Waals surface area contributed by atoms with Gasteiger partial charge in [-0.3, -0.25) is 4.99 Å². The standard InChI is InChI=1S/C26H23N3S/c1-3-9-20(10-4-1)17-28-26-29(25(19-30-26)21-11-5-2-6-12-21)16-15-22-18-27-24-14-8-7-13-23(22)24/h1-14,18-19,27H,15-17H2. The van der Waals surface area contributed by atoms with E-state index >= 15 is 0 Å². The van der Waals surface area contributed by atoms with Crippen LogP contribution in [0.5, 0.6) is 0 Å². The van der Waals surface area contributed by atoms with Crippen LogP contribution in [0.3, 0.4) is 0 Å². The van der Waals surface area contributed by atoms with Gasteiger partial charge in [0.25, 0.3) is 0 Å². The molecule has 0 unspecified atom stereocenters. The van der Waals surface area contributed by atoms with E-state index in [1.807, 2.05) is 6.07 Å². The molecule has 0 saturated carbocycles. The zero-order chi connectivity index (χ0) is 20.2. The van der Waals surface area contributed by atoms with Crippen LogP contribution in [-0.4, -0.2) is 9.55 Å². The van der Waals surface area contributed by atoms with Crippen molar-refractivity contribution >= 4 is 22.2 Å². The van der Waals surface area contributed by atoms with E-state index in [1.54, 1.807) is 11.3 Å². The molecule has 2 aromatic heterocycles. The first-order chi connectivity index (χ1) is 14.9. The molecular weight excluding hydrogens is 386 g/mol. The summed E-state index contributed by atoms with van der Waals surface area (Å²) in [6, 6.07) is 29.5. The molecule has 1 N–H and O–H groups in total. The topological polar surface area (TPSA) is 33.1 Å². The first kappa shape index (κ1) is 18.6. The fourth-order valence-electron chi connectivity index (χ4n) is 3.82. The highest BCUT2D eigenvalue weighted by molar-refractivity contribution is 7.07. The fraction of sp³-hybridized carbons (Fsp3) is 0.115. The van der Waals surface area contributed by atoms with Crippen LogP contribution in [0.4, 0.5) is 0 Å². The minimum Gasteiger partial charge on any atom is -0.361 e. The summed E-state index contributed by atoms with van der Waals surface area (Å²) in [5, 5.41) is 3.53. The van der Waals surface area contributed by atoms with Crippen molar-refractivity contribution in [3.8, 4) is 11.3 Å². The van der Waals surface area contributed by atoms with E-state index < -0.39 is 0 Å². The molecule has 0 amide bonds. The fourth-order valence-corrected chi connectivity index (χ4v) is 4.76. The number of H-pyrrole nitrogens is 1. The highest BCUT2D eigenvalue weighted by atomic mass is 32.1. The summed E-state index contributed by atoms with van der Waals surface area (Å²) in [6.45, 7) is 1.59. The Morgan fingerprint density at radius 3 is 2.40 bits per heavy atom. The number of aromatic amines is 1. The predicted octanol–water partition coefficient (Wildman–Crippen LogP) is 6.04. The van der Waals surface area contributed by atoms with Crippen LogP contribution < -0.4 is 4.80 Å². The molecule has 148 valence electrons. The van der Waals surface area contributed by atoms with Crippen LogP contribution >= 0.6 is 11.3 Å². The Hall–Kier alpha value is -3.37. The van der Waals surface area contributed by atoms with Crippen molar-refractivity contribution in [2.75, 3.05) is 0 Å². The molecule has 3 nitrogen and oxygen atoms in total. The van der Waals surface area contributed by atoms with Crippen molar-refractivity contribution < 1.29 is 0 Å². The molecule has 0 radical (unpaired) electrons. The van der Waals surface area contributed by atoms with E-state index in [2.05, 4.69) is 100.0 Å². The lowest BCUT2D eigenvalue weighted by Crippen LogP contribution is -2.18. The number of para-hydroxylation sites is 1. The van der Waals surface area contributed by atoms with Gasteiger partial charge in [-0.05, 0) is 29.2 Å². The van der Waals surface area contributed by atoms with Crippen molar-refractivity contribution in [3.63, 3.8) is 0 Å². The second-order valence-electron chi connectivity index (χ2n) is 7.33. The lowest BCUT2D eigenvalue weighted by atomic mass is 10.1. The number of aromatic nitrogens is 2. The number of hydrogen-bond donors (Lipinski definition) is 1. The van der Waals surface area contributed by atoms with Gasteiger partial charge in [-0.1, -0.05) is 78.9 Å². The largest absolute Gasteiger partial charge is 0.361 e. The third-order valence-corrected chi connectivity index (χ3v) is 6.29. The van der Waals surface area contributed by atoms with Gasteiger partial charge in [0.2, 0.25) is 0 Å². The van der Waals surface area contributed by atoms with E-state index in [0.717, 1.165) is 17.8 Å². The number of hydrogen-bond acceptors (Lipinski definition) is 2. The smallest absolute Gasteiger partial charge is 0.185 e. The number of aryl methyl sites for hydroxylation is 1. The molecule has 0 atom stereocenters. The first-order valence-electron chi connectivity index (χ1n) is 10.2. The number of benzene rings is 3. The number of nitrogens with one attached hydrogen (secondary N) is 1. The average Bonchev–Trinajstić information content (AvgIpc) is 3.41. The normalized spacial score (nSPS) is 11.9. The predicted molar refractivity (Wildman–Crippen MR) is 125 cm³/mol. The molecule has 5 aromatic rings. The van der Waals surface area contributed by atoms with Crippen LogP contribution in [0.1, 0.15) is 11.1 Å². The molecule has 4 heteroatoms. The van der Waals surface area contributed by atoms with Gasteiger partial charge in [0.1, 0.15) is 0 Å². The highest BCUT2D eigenvalue weighted by Crippen LogP contribution is 2.22. The van der Waals surface area contributed by atoms with E-state index in [4.69, 9.17) is 4.99 Å². The number of fused-ring (bicyclic) bond motifs is 1. The first-order valence-corrected chi connectivity index (χ1v) is 11.1. The van der Waals surface area contributed by atoms with Crippen LogP contribution in [0.2, 0.25) is 0 Å². The van der Waals surface area contributed by atoms with Gasteiger partial charge in [0, 0.05) is 29.0 Å². The van der Waals surface area contributed by atoms with E-state index in [9.17, 15) is 0 Å². The summed E-state index contributed by atoms with van der Waals surface area (Å²) in [6.07, 6.45) is 3.10. The summed E-state index contributed by atoms with van der Waals surface area (Å²) >= 11 is 1.72. The monoisotopic (exact) mass is 409 g/mol. The Morgan fingerprint density at radius 2 is 1.57 bits per heavy atom. The van der Waals surface area contributed by atoms with Crippen LogP contribution in [0, 0.1) is 0 Å². The second kappa shape index (κ2) is 8.56. The van der Waals surface area contributed by atoms with Gasteiger partial charge in [0.15, 0.2) is 4.80 Å². The summed E-state index contributed by atoms with van der Waals surface area (Å²) in [5.41, 5.74) is 6.23. The Kier molecular flexibility index (Phi) is 5.32. The molecule has 0 spiro atoms. The van der Waals surface area contributed by atoms with Crippen molar-refractivity contribution in [2.24, 2.45) is 4.99 Å². The molecule has 0 aliphatic heterocycles. The molecule has 5 rings (SSSR count). The van der Waals surface area contributed by atoms with Gasteiger partial charge < -0.3 is 9.55 Å². The molecule has 2 heterocycles. The van der Waals surface area contributed by atoms with Gasteiger partial charge in [-0.25, -0.2) is 0 Å². The molecule has 0 fully saturated rings.